The van der Waals surface area contributed by atoms with Gasteiger partial charge in [0.1, 0.15) is 23.1 Å². The second kappa shape index (κ2) is 8.06. The van der Waals surface area contributed by atoms with Gasteiger partial charge in [-0.15, -0.1) is 0 Å². The van der Waals surface area contributed by atoms with Gasteiger partial charge in [0, 0.05) is 22.8 Å². The Balaban J connectivity index is 1.69. The van der Waals surface area contributed by atoms with Crippen LogP contribution in [0.4, 0.5) is 5.69 Å². The fraction of sp³-hybridized carbons (Fsp3) is 0.130. The fourth-order valence-electron chi connectivity index (χ4n) is 3.22. The van der Waals surface area contributed by atoms with Crippen LogP contribution < -0.4 is 5.32 Å². The molecule has 1 unspecified atom stereocenters. The number of hydrogen-bond donors (Lipinski definition) is 2. The first kappa shape index (κ1) is 18.6. The number of nitrogens with zero attached hydrogens (tertiary/aromatic N) is 1. The van der Waals surface area contributed by atoms with Crippen molar-refractivity contribution in [3.63, 3.8) is 0 Å². The smallest absolute Gasteiger partial charge is 0.338 e. The van der Waals surface area contributed by atoms with Gasteiger partial charge >= 0.3 is 5.97 Å². The van der Waals surface area contributed by atoms with E-state index in [1.54, 1.807) is 49.7 Å². The van der Waals surface area contributed by atoms with Crippen LogP contribution in [-0.4, -0.2) is 22.7 Å². The number of nitrogens with one attached hydrogen (secondary N) is 1. The van der Waals surface area contributed by atoms with Crippen LogP contribution in [0.1, 0.15) is 34.6 Å². The van der Waals surface area contributed by atoms with Crippen molar-refractivity contribution in [3.8, 4) is 5.75 Å². The Morgan fingerprint density at radius 2 is 1.97 bits per heavy atom. The van der Waals surface area contributed by atoms with Crippen LogP contribution in [0.15, 0.2) is 77.5 Å². The molecule has 0 saturated carbocycles. The number of fused-ring (bicyclic) bond motifs is 1. The molecule has 0 amide bonds. The molecule has 6 heteroatoms. The van der Waals surface area contributed by atoms with Crippen molar-refractivity contribution in [2.24, 2.45) is 0 Å². The second-order valence-electron chi connectivity index (χ2n) is 6.47. The molecule has 0 spiro atoms. The van der Waals surface area contributed by atoms with Crippen molar-refractivity contribution >= 4 is 22.6 Å². The lowest BCUT2D eigenvalue weighted by Gasteiger charge is -2.20. The Labute approximate surface area is 167 Å². The first-order valence-electron chi connectivity index (χ1n) is 9.31. The molecule has 29 heavy (non-hydrogen) atoms. The highest BCUT2D eigenvalue weighted by molar-refractivity contribution is 5.90. The molecule has 0 bridgehead atoms. The molecule has 2 N–H and O–H groups in total. The lowest BCUT2D eigenvalue weighted by molar-refractivity contribution is 0.0526. The number of carbonyl (C=O) groups excluding carboxylic acids is 1. The van der Waals surface area contributed by atoms with Crippen molar-refractivity contribution in [3.05, 3.63) is 90.0 Å². The van der Waals surface area contributed by atoms with E-state index in [4.69, 9.17) is 9.15 Å². The van der Waals surface area contributed by atoms with E-state index in [0.29, 0.717) is 29.0 Å². The Kier molecular flexibility index (Phi) is 5.16. The van der Waals surface area contributed by atoms with Gasteiger partial charge in [0.2, 0.25) is 0 Å². The average molecular weight is 388 g/mol. The van der Waals surface area contributed by atoms with E-state index < -0.39 is 6.04 Å². The van der Waals surface area contributed by atoms with Gasteiger partial charge in [-0.05, 0) is 49.4 Å². The monoisotopic (exact) mass is 388 g/mol. The summed E-state index contributed by atoms with van der Waals surface area (Å²) < 4.78 is 10.6. The number of rotatable bonds is 6. The van der Waals surface area contributed by atoms with Crippen LogP contribution in [0.5, 0.6) is 5.75 Å². The van der Waals surface area contributed by atoms with Gasteiger partial charge in [0.15, 0.2) is 0 Å². The van der Waals surface area contributed by atoms with E-state index in [1.807, 2.05) is 30.3 Å². The quantitative estimate of drug-likeness (QED) is 0.457. The van der Waals surface area contributed by atoms with E-state index in [-0.39, 0.29) is 11.7 Å². The summed E-state index contributed by atoms with van der Waals surface area (Å²) in [5, 5.41) is 15.1. The average Bonchev–Trinajstić information content (AvgIpc) is 3.28. The van der Waals surface area contributed by atoms with Crippen LogP contribution in [0.3, 0.4) is 0 Å². The molecule has 0 saturated heterocycles. The lowest BCUT2D eigenvalue weighted by Crippen LogP contribution is -2.12. The largest absolute Gasteiger partial charge is 0.505 e. The van der Waals surface area contributed by atoms with E-state index in [9.17, 15) is 9.90 Å². The summed E-state index contributed by atoms with van der Waals surface area (Å²) in [5.74, 6) is 0.380. The molecule has 1 atom stereocenters. The molecule has 4 rings (SSSR count). The van der Waals surface area contributed by atoms with E-state index >= 15 is 0 Å². The van der Waals surface area contributed by atoms with Crippen molar-refractivity contribution < 1.29 is 19.1 Å². The predicted molar refractivity (Wildman–Crippen MR) is 110 cm³/mol. The Morgan fingerprint density at radius 3 is 2.69 bits per heavy atom. The normalized spacial score (nSPS) is 11.9. The minimum absolute atomic E-state index is 0.0974. The summed E-state index contributed by atoms with van der Waals surface area (Å²) in [6.45, 7) is 2.10. The first-order chi connectivity index (χ1) is 14.2. The fourth-order valence-corrected chi connectivity index (χ4v) is 3.22. The SMILES string of the molecule is CCOC(=O)c1ccc(NC(c2ccco2)c2ccc3cccnc3c2O)cc1. The highest BCUT2D eigenvalue weighted by Crippen LogP contribution is 2.36. The molecule has 0 aliphatic carbocycles. The molecule has 0 aliphatic rings. The van der Waals surface area contributed by atoms with Crippen LogP contribution in [0.25, 0.3) is 10.9 Å². The van der Waals surface area contributed by atoms with Gasteiger partial charge in [-0.2, -0.15) is 0 Å². The van der Waals surface area contributed by atoms with Gasteiger partial charge in [-0.3, -0.25) is 4.98 Å². The molecule has 0 aliphatic heterocycles. The minimum atomic E-state index is -0.440. The Morgan fingerprint density at radius 1 is 1.14 bits per heavy atom. The number of furan rings is 1. The third-order valence-corrected chi connectivity index (χ3v) is 4.62. The zero-order valence-electron chi connectivity index (χ0n) is 15.8. The number of aromatic nitrogens is 1. The Bertz CT molecular complexity index is 1120. The summed E-state index contributed by atoms with van der Waals surface area (Å²) in [4.78, 5) is 16.2. The van der Waals surface area contributed by atoms with Crippen molar-refractivity contribution in [1.82, 2.24) is 4.98 Å². The molecule has 6 nitrogen and oxygen atoms in total. The van der Waals surface area contributed by atoms with Crippen molar-refractivity contribution in [2.75, 3.05) is 11.9 Å². The molecule has 0 fully saturated rings. The topological polar surface area (TPSA) is 84.6 Å². The minimum Gasteiger partial charge on any atom is -0.505 e. The van der Waals surface area contributed by atoms with Crippen LogP contribution in [0, 0.1) is 0 Å². The third kappa shape index (κ3) is 3.78. The van der Waals surface area contributed by atoms with Gasteiger partial charge in [0.05, 0.1) is 18.4 Å². The van der Waals surface area contributed by atoms with E-state index in [1.165, 1.54) is 0 Å². The number of carbonyl (C=O) groups is 1. The standard InChI is InChI=1S/C23H20N2O4/c1-2-28-23(27)16-7-10-17(11-8-16)25-21(19-6-4-14-29-19)18-12-9-15-5-3-13-24-20(15)22(18)26/h3-14,21,25-26H,2H2,1H3. The van der Waals surface area contributed by atoms with E-state index in [0.717, 1.165) is 11.1 Å². The number of phenols is 1. The zero-order chi connectivity index (χ0) is 20.2. The maximum absolute atomic E-state index is 11.9. The molecule has 2 aromatic heterocycles. The molecule has 2 heterocycles. The molecule has 146 valence electrons. The number of ether oxygens (including phenoxy) is 1. The van der Waals surface area contributed by atoms with Gasteiger partial charge in [-0.25, -0.2) is 4.79 Å². The Hall–Kier alpha value is -3.80. The van der Waals surface area contributed by atoms with Crippen LogP contribution in [0.2, 0.25) is 0 Å². The highest BCUT2D eigenvalue weighted by Gasteiger charge is 2.22. The second-order valence-corrected chi connectivity index (χ2v) is 6.47. The number of hydrogen-bond acceptors (Lipinski definition) is 6. The molecular weight excluding hydrogens is 368 g/mol. The van der Waals surface area contributed by atoms with E-state index in [2.05, 4.69) is 10.3 Å². The number of aromatic hydroxyl groups is 1. The summed E-state index contributed by atoms with van der Waals surface area (Å²) in [6, 6.07) is 17.7. The van der Waals surface area contributed by atoms with Gasteiger partial charge in [-0.1, -0.05) is 18.2 Å². The summed E-state index contributed by atoms with van der Waals surface area (Å²) in [7, 11) is 0. The molecule has 4 aromatic rings. The number of pyridine rings is 1. The van der Waals surface area contributed by atoms with Crippen LogP contribution in [-0.2, 0) is 4.74 Å². The van der Waals surface area contributed by atoms with Gasteiger partial charge in [0.25, 0.3) is 0 Å². The first-order valence-corrected chi connectivity index (χ1v) is 9.31. The number of benzene rings is 2. The number of phenolic OH excluding ortho intramolecular Hbond substituents is 1. The zero-order valence-corrected chi connectivity index (χ0v) is 15.8. The summed E-state index contributed by atoms with van der Waals surface area (Å²) in [5.41, 5.74) is 2.41. The highest BCUT2D eigenvalue weighted by atomic mass is 16.5. The summed E-state index contributed by atoms with van der Waals surface area (Å²) in [6.07, 6.45) is 3.24. The predicted octanol–water partition coefficient (Wildman–Crippen LogP) is 4.91. The van der Waals surface area contributed by atoms with Crippen LogP contribution >= 0.6 is 0 Å². The number of anilines is 1. The maximum Gasteiger partial charge on any atom is 0.338 e. The maximum atomic E-state index is 11.9. The lowest BCUT2D eigenvalue weighted by atomic mass is 10.0. The van der Waals surface area contributed by atoms with Crippen molar-refractivity contribution in [1.29, 1.82) is 0 Å². The van der Waals surface area contributed by atoms with Crippen molar-refractivity contribution in [2.45, 2.75) is 13.0 Å². The van der Waals surface area contributed by atoms with Gasteiger partial charge < -0.3 is 19.6 Å². The number of esters is 1. The third-order valence-electron chi connectivity index (χ3n) is 4.62. The summed E-state index contributed by atoms with van der Waals surface area (Å²) >= 11 is 0. The molecule has 0 radical (unpaired) electrons. The molecule has 2 aromatic carbocycles. The molecular formula is C23H20N2O4.